The molecule has 0 radical (unpaired) electrons. The number of nitrogens with one attached hydrogen (secondary N) is 1. The van der Waals surface area contributed by atoms with Crippen molar-refractivity contribution in [3.63, 3.8) is 0 Å². The molecule has 5 rings (SSSR count). The smallest absolute Gasteiger partial charge is 0.252 e. The molecule has 2 aromatic heterocycles. The van der Waals surface area contributed by atoms with Gasteiger partial charge in [0, 0.05) is 17.0 Å². The van der Waals surface area contributed by atoms with Gasteiger partial charge >= 0.3 is 0 Å². The standard InChI is InChI=1S/C27H27N5O2S/c1-16-5-7-20(8-6-16)14-34-22-11-9-21(10-12-22)25-24-19(4)31-32(26(24)30-23(33)15-35-25)27-28-17(2)13-18(3)29-27/h5-13,25H,14-15H2,1-4H3,(H,30,33)/t25-/m1/s1. The molecule has 178 valence electrons. The fourth-order valence-corrected chi connectivity index (χ4v) is 5.37. The van der Waals surface area contributed by atoms with Crippen molar-refractivity contribution in [2.45, 2.75) is 39.6 Å². The normalized spacial score (nSPS) is 15.3. The number of fused-ring (bicyclic) bond motifs is 1. The number of carbonyl (C=O) groups is 1. The number of aryl methyl sites for hydroxylation is 4. The van der Waals surface area contributed by atoms with Crippen LogP contribution in [0, 0.1) is 27.7 Å². The Labute approximate surface area is 209 Å². The first-order valence-corrected chi connectivity index (χ1v) is 12.5. The first-order chi connectivity index (χ1) is 16.9. The van der Waals surface area contributed by atoms with Gasteiger partial charge in [-0.3, -0.25) is 4.79 Å². The molecular weight excluding hydrogens is 458 g/mol. The van der Waals surface area contributed by atoms with Gasteiger partial charge in [-0.15, -0.1) is 11.8 Å². The van der Waals surface area contributed by atoms with Gasteiger partial charge in [0.25, 0.3) is 5.95 Å². The summed E-state index contributed by atoms with van der Waals surface area (Å²) in [6, 6.07) is 18.3. The second-order valence-corrected chi connectivity index (χ2v) is 9.89. The lowest BCUT2D eigenvalue weighted by atomic mass is 10.0. The van der Waals surface area contributed by atoms with Crippen LogP contribution in [-0.2, 0) is 11.4 Å². The fraction of sp³-hybridized carbons (Fsp3) is 0.259. The van der Waals surface area contributed by atoms with Gasteiger partial charge in [0.2, 0.25) is 5.91 Å². The lowest BCUT2D eigenvalue weighted by Gasteiger charge is -2.16. The highest BCUT2D eigenvalue weighted by Gasteiger charge is 2.31. The summed E-state index contributed by atoms with van der Waals surface area (Å²) in [5.41, 5.74) is 6.94. The van der Waals surface area contributed by atoms with Crippen LogP contribution in [0.4, 0.5) is 5.82 Å². The number of aromatic nitrogens is 4. The highest BCUT2D eigenvalue weighted by Crippen LogP contribution is 2.44. The Morgan fingerprint density at radius 2 is 1.69 bits per heavy atom. The van der Waals surface area contributed by atoms with Gasteiger partial charge in [-0.25, -0.2) is 9.97 Å². The number of anilines is 1. The maximum Gasteiger partial charge on any atom is 0.252 e. The van der Waals surface area contributed by atoms with Crippen LogP contribution >= 0.6 is 11.8 Å². The van der Waals surface area contributed by atoms with Crippen molar-refractivity contribution in [3.05, 3.63) is 93.9 Å². The molecule has 3 heterocycles. The van der Waals surface area contributed by atoms with Crippen LogP contribution in [0.5, 0.6) is 5.75 Å². The number of rotatable bonds is 5. The van der Waals surface area contributed by atoms with E-state index in [0.29, 0.717) is 24.1 Å². The molecule has 35 heavy (non-hydrogen) atoms. The number of nitrogens with zero attached hydrogens (tertiary/aromatic N) is 4. The molecule has 0 bridgehead atoms. The number of hydrogen-bond acceptors (Lipinski definition) is 6. The lowest BCUT2D eigenvalue weighted by molar-refractivity contribution is -0.113. The first-order valence-electron chi connectivity index (χ1n) is 11.5. The monoisotopic (exact) mass is 485 g/mol. The number of thioether (sulfide) groups is 1. The zero-order valence-electron chi connectivity index (χ0n) is 20.2. The van der Waals surface area contributed by atoms with Crippen molar-refractivity contribution in [2.75, 3.05) is 11.1 Å². The molecule has 7 nitrogen and oxygen atoms in total. The zero-order valence-corrected chi connectivity index (χ0v) is 21.0. The Bertz CT molecular complexity index is 1360. The number of carbonyl (C=O) groups excluding carboxylic acids is 1. The molecule has 1 N–H and O–H groups in total. The quantitative estimate of drug-likeness (QED) is 0.416. The van der Waals surface area contributed by atoms with Gasteiger partial charge in [-0.2, -0.15) is 9.78 Å². The van der Waals surface area contributed by atoms with Gasteiger partial charge in [0.15, 0.2) is 0 Å². The predicted molar refractivity (Wildman–Crippen MR) is 138 cm³/mol. The van der Waals surface area contributed by atoms with E-state index in [-0.39, 0.29) is 11.2 Å². The van der Waals surface area contributed by atoms with Gasteiger partial charge in [0.1, 0.15) is 18.2 Å². The molecule has 1 atom stereocenters. The third-order valence-corrected chi connectivity index (χ3v) is 7.15. The Balaban J connectivity index is 1.44. The largest absolute Gasteiger partial charge is 0.489 e. The van der Waals surface area contributed by atoms with Crippen LogP contribution < -0.4 is 10.1 Å². The van der Waals surface area contributed by atoms with Crippen molar-refractivity contribution >= 4 is 23.5 Å². The minimum Gasteiger partial charge on any atom is -0.489 e. The second kappa shape index (κ2) is 9.54. The van der Waals surface area contributed by atoms with Gasteiger partial charge in [0.05, 0.1) is 16.7 Å². The van der Waals surface area contributed by atoms with Gasteiger partial charge in [-0.05, 0) is 57.0 Å². The van der Waals surface area contributed by atoms with Crippen LogP contribution in [0.3, 0.4) is 0 Å². The Kier molecular flexibility index (Phi) is 6.30. The van der Waals surface area contributed by atoms with Crippen molar-refractivity contribution in [3.8, 4) is 11.7 Å². The van der Waals surface area contributed by atoms with Crippen LogP contribution in [0.2, 0.25) is 0 Å². The van der Waals surface area contributed by atoms with Gasteiger partial charge in [-0.1, -0.05) is 42.0 Å². The van der Waals surface area contributed by atoms with E-state index in [1.165, 1.54) is 5.56 Å². The summed E-state index contributed by atoms with van der Waals surface area (Å²) in [7, 11) is 0. The van der Waals surface area contributed by atoms with Gasteiger partial charge < -0.3 is 10.1 Å². The fourth-order valence-electron chi connectivity index (χ4n) is 4.18. The number of amides is 1. The number of hydrogen-bond donors (Lipinski definition) is 1. The van der Waals surface area contributed by atoms with E-state index in [0.717, 1.165) is 39.5 Å². The lowest BCUT2D eigenvalue weighted by Crippen LogP contribution is -2.17. The maximum absolute atomic E-state index is 12.6. The van der Waals surface area contributed by atoms with Crippen molar-refractivity contribution in [1.29, 1.82) is 0 Å². The average Bonchev–Trinajstić information content (AvgIpc) is 3.03. The molecule has 0 aliphatic carbocycles. The van der Waals surface area contributed by atoms with Crippen LogP contribution in [0.15, 0.2) is 54.6 Å². The Morgan fingerprint density at radius 3 is 2.37 bits per heavy atom. The number of benzene rings is 2. The third-order valence-electron chi connectivity index (χ3n) is 5.88. The summed E-state index contributed by atoms with van der Waals surface area (Å²) >= 11 is 1.59. The van der Waals surface area contributed by atoms with E-state index in [1.54, 1.807) is 16.4 Å². The molecule has 0 fully saturated rings. The van der Waals surface area contributed by atoms with E-state index in [1.807, 2.05) is 39.0 Å². The molecule has 0 saturated carbocycles. The summed E-state index contributed by atoms with van der Waals surface area (Å²) in [6.45, 7) is 8.40. The average molecular weight is 486 g/mol. The summed E-state index contributed by atoms with van der Waals surface area (Å²) < 4.78 is 7.64. The van der Waals surface area contributed by atoms with Crippen LogP contribution in [0.25, 0.3) is 5.95 Å². The zero-order chi connectivity index (χ0) is 24.5. The van der Waals surface area contributed by atoms with E-state index >= 15 is 0 Å². The number of ether oxygens (including phenoxy) is 1. The van der Waals surface area contributed by atoms with Crippen LogP contribution in [0.1, 0.15) is 44.6 Å². The summed E-state index contributed by atoms with van der Waals surface area (Å²) in [5, 5.41) is 7.70. The molecule has 1 aliphatic heterocycles. The minimum absolute atomic E-state index is 0.0604. The third kappa shape index (κ3) is 4.93. The molecule has 1 aliphatic rings. The van der Waals surface area contributed by atoms with Crippen molar-refractivity contribution in [1.82, 2.24) is 19.7 Å². The summed E-state index contributed by atoms with van der Waals surface area (Å²) in [5.74, 6) is 2.17. The topological polar surface area (TPSA) is 81.9 Å². The maximum atomic E-state index is 12.6. The van der Waals surface area contributed by atoms with E-state index < -0.39 is 0 Å². The predicted octanol–water partition coefficient (Wildman–Crippen LogP) is 5.25. The molecule has 8 heteroatoms. The molecule has 1 amide bonds. The molecule has 0 unspecified atom stereocenters. The SMILES string of the molecule is Cc1ccc(COc2ccc([C@H]3SCC(=O)Nc4c3c(C)nn4-c3nc(C)cc(C)n3)cc2)cc1. The Hall–Kier alpha value is -3.65. The molecule has 0 spiro atoms. The molecular formula is C27H27N5O2S. The molecule has 0 saturated heterocycles. The summed E-state index contributed by atoms with van der Waals surface area (Å²) in [4.78, 5) is 21.7. The van der Waals surface area contributed by atoms with Crippen LogP contribution in [-0.4, -0.2) is 31.4 Å². The van der Waals surface area contributed by atoms with Crippen molar-refractivity contribution in [2.24, 2.45) is 0 Å². The van der Waals surface area contributed by atoms with E-state index in [2.05, 4.69) is 58.6 Å². The molecule has 4 aromatic rings. The van der Waals surface area contributed by atoms with Crippen molar-refractivity contribution < 1.29 is 9.53 Å². The molecule has 2 aromatic carbocycles. The second-order valence-electron chi connectivity index (χ2n) is 8.79. The van der Waals surface area contributed by atoms with E-state index in [9.17, 15) is 4.79 Å². The first kappa shape index (κ1) is 23.1. The van der Waals surface area contributed by atoms with E-state index in [4.69, 9.17) is 9.84 Å². The Morgan fingerprint density at radius 1 is 1.00 bits per heavy atom. The highest BCUT2D eigenvalue weighted by atomic mass is 32.2. The summed E-state index contributed by atoms with van der Waals surface area (Å²) in [6.07, 6.45) is 0. The highest BCUT2D eigenvalue weighted by molar-refractivity contribution is 8.00. The minimum atomic E-state index is -0.0673.